The van der Waals surface area contributed by atoms with E-state index in [-0.39, 0.29) is 129 Å². The molecule has 4 aliphatic carbocycles. The number of ether oxygens (including phenoxy) is 9. The maximum Gasteiger partial charge on any atom is 1.00 e. The number of esters is 1. The molecule has 2 amide bonds. The summed E-state index contributed by atoms with van der Waals surface area (Å²) in [5.74, 6) is 1.93. The van der Waals surface area contributed by atoms with Gasteiger partial charge in [-0.25, -0.2) is 9.59 Å². The monoisotopic (exact) mass is 1570 g/mol. The third-order valence-corrected chi connectivity index (χ3v) is 25.6. The number of hydrogen-bond acceptors (Lipinski definition) is 20. The van der Waals surface area contributed by atoms with Gasteiger partial charge >= 0.3 is 41.5 Å². The van der Waals surface area contributed by atoms with Gasteiger partial charge in [0.2, 0.25) is 0 Å². The van der Waals surface area contributed by atoms with Crippen LogP contribution < -0.4 is 78.4 Å². The zero-order valence-corrected chi connectivity index (χ0v) is 70.6. The summed E-state index contributed by atoms with van der Waals surface area (Å²) in [7, 11) is 4.35. The predicted molar refractivity (Wildman–Crippen MR) is 432 cm³/mol. The Labute approximate surface area is 695 Å². The van der Waals surface area contributed by atoms with Crippen molar-refractivity contribution >= 4 is 35.1 Å². The number of aromatic carboxylic acids is 1. The van der Waals surface area contributed by atoms with E-state index in [0.717, 1.165) is 162 Å². The molecule has 0 unspecified atom stereocenters. The first-order chi connectivity index (χ1) is 52.8. The van der Waals surface area contributed by atoms with Crippen LogP contribution in [0.25, 0.3) is 0 Å². The van der Waals surface area contributed by atoms with Crippen LogP contribution in [0.5, 0.6) is 34.5 Å². The zero-order chi connectivity index (χ0) is 79.3. The fourth-order valence-corrected chi connectivity index (χ4v) is 19.8. The van der Waals surface area contributed by atoms with Gasteiger partial charge in [-0.15, -0.1) is 0 Å². The molecule has 4 N–H and O–H groups in total. The van der Waals surface area contributed by atoms with E-state index in [1.807, 2.05) is 76.2 Å². The molecule has 23 nitrogen and oxygen atoms in total. The number of carboxylic acid groups (broad SMARTS) is 1. The van der Waals surface area contributed by atoms with E-state index >= 15 is 0 Å². The first-order valence-electron chi connectivity index (χ1n) is 39.3. The van der Waals surface area contributed by atoms with Gasteiger partial charge in [0, 0.05) is 159 Å². The quantitative estimate of drug-likeness (QED) is 0.0473. The van der Waals surface area contributed by atoms with Crippen LogP contribution in [0.2, 0.25) is 0 Å². The maximum atomic E-state index is 13.6. The molecule has 0 aromatic heterocycles. The molecular formula is C90H115N8NaO15. The van der Waals surface area contributed by atoms with E-state index in [9.17, 15) is 34.8 Å². The van der Waals surface area contributed by atoms with E-state index in [1.54, 1.807) is 30.3 Å². The molecule has 0 atom stereocenters. The van der Waals surface area contributed by atoms with Gasteiger partial charge in [-0.1, -0.05) is 62.8 Å². The first-order valence-corrected chi connectivity index (χ1v) is 39.3. The van der Waals surface area contributed by atoms with Gasteiger partial charge in [-0.2, -0.15) is 10.5 Å². The van der Waals surface area contributed by atoms with Crippen molar-refractivity contribution in [2.24, 2.45) is 21.7 Å². The second kappa shape index (κ2) is 35.1. The number of benzene rings is 6. The molecule has 14 rings (SSSR count). The molecule has 606 valence electrons. The van der Waals surface area contributed by atoms with Crippen LogP contribution in [0, 0.1) is 72.0 Å². The molecule has 0 bridgehead atoms. The van der Waals surface area contributed by atoms with Gasteiger partial charge < -0.3 is 73.6 Å². The SMILES string of the molecule is C.COC(=O)c1ccc(OC2CC(N3CCOC4(CCN(c5ccc(C(=O)NC6C(C)(C)C(Oc7cc(C)c(C#N)c(C)c7)C6(C)C)cc5)CC4)C3)C2)cc1OC.COc1cc(OC2CC(N3CCOC4(CCN(c5ccc(C(=O)NC6C(C)(C)C(Oc7cc(C)c(C#N)c(C)c7)C6(C)C)cc5)CC4)C3)C2)ccc1C(=O)O.[Na+].[OH-]. The van der Waals surface area contributed by atoms with Crippen LogP contribution in [-0.4, -0.2) is 191 Å². The number of nitriles is 2. The molecule has 8 fully saturated rings. The van der Waals surface area contributed by atoms with Crippen LogP contribution in [0.3, 0.4) is 0 Å². The predicted octanol–water partition coefficient (Wildman–Crippen LogP) is 11.1. The molecule has 0 radical (unpaired) electrons. The number of amides is 2. The Morgan fingerprint density at radius 1 is 0.482 bits per heavy atom. The molecule has 6 aromatic carbocycles. The second-order valence-corrected chi connectivity index (χ2v) is 34.5. The Morgan fingerprint density at radius 2 is 0.825 bits per heavy atom. The standard InChI is InChI=1S/C45H56N4O7.C44H54N4O7.CH4.Na.H2O/c1-28-21-34(22-29(2)37(28)26-46)56-42-43(3,4)41(44(42,5)6)47-39(50)30-9-11-31(12-10-30)48-17-15-45(16-18-48)27-49(19-20-54-45)32-23-35(24-32)55-33-13-14-36(40(51)53-8)38(25-33)52-7;1-27-20-33(21-28(2)36(27)25-45)55-41-42(3,4)40(43(41,5)6)46-38(49)29-8-10-30(11-9-29)47-16-14-44(15-17-47)26-48(18-19-53-44)31-22-34(23-31)54-32-12-13-35(39(50)51)37(24-32)52-7;;;/h9-14,21-22,25,32,35,41-42H,15-20,23-24,27H2,1-8H3,(H,47,50);8-13,20-21,24,31,34,40-41H,14-19,22-23,26H2,1-7H3,(H,46,49)(H,50,51);1H4;;1H2/q;;;+1;/p-1. The number of rotatable bonds is 20. The normalized spacial score (nSPS) is 24.4. The van der Waals surface area contributed by atoms with E-state index in [4.69, 9.17) is 42.6 Å². The molecule has 4 heterocycles. The van der Waals surface area contributed by atoms with Gasteiger partial charge in [0.15, 0.2) is 0 Å². The van der Waals surface area contributed by atoms with E-state index in [0.29, 0.717) is 62.9 Å². The summed E-state index contributed by atoms with van der Waals surface area (Å²) in [5.41, 5.74) is 7.43. The summed E-state index contributed by atoms with van der Waals surface area (Å²) in [6.45, 7) is 33.5. The van der Waals surface area contributed by atoms with Gasteiger partial charge in [0.25, 0.3) is 11.8 Å². The van der Waals surface area contributed by atoms with Crippen LogP contribution in [0.15, 0.2) is 109 Å². The number of morpholine rings is 2. The van der Waals surface area contributed by atoms with E-state index in [1.165, 1.54) is 27.4 Å². The molecule has 4 saturated heterocycles. The van der Waals surface area contributed by atoms with Crippen molar-refractivity contribution in [1.29, 1.82) is 10.5 Å². The summed E-state index contributed by atoms with van der Waals surface area (Å²) in [5, 5.41) is 35.0. The number of hydrogen-bond donors (Lipinski definition) is 3. The summed E-state index contributed by atoms with van der Waals surface area (Å²) in [6.07, 6.45) is 7.47. The van der Waals surface area contributed by atoms with Crippen molar-refractivity contribution in [2.75, 3.05) is 96.7 Å². The van der Waals surface area contributed by atoms with Crippen molar-refractivity contribution in [2.45, 2.75) is 202 Å². The average molecular weight is 1570 g/mol. The number of methoxy groups -OCH3 is 3. The fraction of sp³-hybridized carbons (Fsp3) is 0.533. The molecule has 114 heavy (non-hydrogen) atoms. The van der Waals surface area contributed by atoms with Crippen molar-refractivity contribution < 1.29 is 102 Å². The topological polar surface area (TPSA) is 286 Å². The van der Waals surface area contributed by atoms with E-state index in [2.05, 4.69) is 122 Å². The molecule has 4 saturated carbocycles. The summed E-state index contributed by atoms with van der Waals surface area (Å²) >= 11 is 0. The Hall–Kier alpha value is -8.62. The number of anilines is 2. The molecule has 24 heteroatoms. The van der Waals surface area contributed by atoms with Gasteiger partial charge in [0.05, 0.1) is 69.0 Å². The van der Waals surface area contributed by atoms with Crippen LogP contribution in [0.1, 0.15) is 189 Å². The molecular weight excluding hydrogens is 1460 g/mol. The summed E-state index contributed by atoms with van der Waals surface area (Å²) in [4.78, 5) is 60.6. The van der Waals surface area contributed by atoms with Crippen LogP contribution in [-0.2, 0) is 14.2 Å². The van der Waals surface area contributed by atoms with Crippen molar-refractivity contribution in [3.63, 3.8) is 0 Å². The number of carboxylic acids is 1. The first kappa shape index (κ1) is 87.8. The Balaban J connectivity index is 0.000000235. The van der Waals surface area contributed by atoms with Crippen molar-refractivity contribution in [3.05, 3.63) is 165 Å². The van der Waals surface area contributed by atoms with Crippen molar-refractivity contribution in [3.8, 4) is 46.6 Å². The minimum absolute atomic E-state index is 0. The molecule has 2 spiro atoms. The zero-order valence-electron chi connectivity index (χ0n) is 68.6. The Bertz CT molecular complexity index is 4470. The Morgan fingerprint density at radius 3 is 1.15 bits per heavy atom. The van der Waals surface area contributed by atoms with Crippen LogP contribution >= 0.6 is 0 Å². The number of piperidine rings is 2. The summed E-state index contributed by atoms with van der Waals surface area (Å²) < 4.78 is 54.0. The third kappa shape index (κ3) is 17.7. The second-order valence-electron chi connectivity index (χ2n) is 34.5. The van der Waals surface area contributed by atoms with Gasteiger partial charge in [0.1, 0.15) is 70.0 Å². The Kier molecular flexibility index (Phi) is 27.0. The number of aryl methyl sites for hydroxylation is 4. The minimum Gasteiger partial charge on any atom is -0.870 e. The average Bonchev–Trinajstić information content (AvgIpc) is 0.710. The molecule has 4 aliphatic heterocycles. The van der Waals surface area contributed by atoms with E-state index < -0.39 is 11.9 Å². The largest absolute Gasteiger partial charge is 1.00 e. The van der Waals surface area contributed by atoms with Crippen LogP contribution in [0.4, 0.5) is 11.4 Å². The fourth-order valence-electron chi connectivity index (χ4n) is 19.8. The molecule has 8 aliphatic rings. The third-order valence-electron chi connectivity index (χ3n) is 25.6. The number of carbonyl (C=O) groups excluding carboxylic acids is 3. The minimum atomic E-state index is -1.02. The van der Waals surface area contributed by atoms with Gasteiger partial charge in [-0.3, -0.25) is 19.4 Å². The van der Waals surface area contributed by atoms with Gasteiger partial charge in [-0.05, 0) is 173 Å². The number of nitrogens with one attached hydrogen (secondary N) is 2. The van der Waals surface area contributed by atoms with Crippen molar-refractivity contribution in [1.82, 2.24) is 20.4 Å². The summed E-state index contributed by atoms with van der Waals surface area (Å²) in [6, 6.07) is 39.1. The number of nitrogens with zero attached hydrogens (tertiary/aromatic N) is 6. The molecule has 6 aromatic rings. The number of carbonyl (C=O) groups is 4. The maximum absolute atomic E-state index is 13.6. The smallest absolute Gasteiger partial charge is 0.870 e.